The van der Waals surface area contributed by atoms with Gasteiger partial charge in [-0.3, -0.25) is 32.5 Å². The molecule has 0 bridgehead atoms. The molecule has 0 aliphatic carbocycles. The first-order valence-corrected chi connectivity index (χ1v) is 48.5. The highest BCUT2D eigenvalue weighted by molar-refractivity contribution is 7.47. The van der Waals surface area contributed by atoms with E-state index in [2.05, 4.69) is 154 Å². The standard InChI is InChI=1S/C95H166O16P2/c1-4-7-10-13-16-19-22-25-28-30-32-34-36-38-40-42-43-44-45-47-49-50-52-54-56-58-61-63-66-69-72-75-78-81-93(98)105-84-90(96)85-107-112(101,102)108-86-91(97)87-109-113(103,104)110-89-92(111-95(100)83-80-77-74-71-68-65-60-27-24-21-18-15-12-9-6-3)88-106-94(99)82-79-76-73-70-67-64-62-59-57-55-53-51-48-46-41-39-37-35-33-31-29-26-23-20-17-14-11-8-5-2/h7,10,16-21,25-29,32-35,38-41,60,90-92,96-97H,4-6,8-9,11-15,22-24,30-31,36-37,42-59,61-89H2,1-3H3,(H,101,102)(H,103,104)/b10-7-,19-16-,20-17-,21-18-,28-25-,29-26-,34-32-,35-33-,40-38-,41-39-,60-27-. The van der Waals surface area contributed by atoms with Gasteiger partial charge < -0.3 is 34.2 Å². The van der Waals surface area contributed by atoms with Crippen LogP contribution in [0.1, 0.15) is 393 Å². The molecule has 652 valence electrons. The maximum atomic E-state index is 13.0. The Morgan fingerprint density at radius 3 is 0.743 bits per heavy atom. The number of hydrogen-bond donors (Lipinski definition) is 4. The zero-order valence-electron chi connectivity index (χ0n) is 71.8. The highest BCUT2D eigenvalue weighted by Crippen LogP contribution is 2.45. The van der Waals surface area contributed by atoms with E-state index in [4.69, 9.17) is 32.3 Å². The lowest BCUT2D eigenvalue weighted by molar-refractivity contribution is -0.161. The summed E-state index contributed by atoms with van der Waals surface area (Å²) in [7, 11) is -9.80. The molecule has 4 N–H and O–H groups in total. The van der Waals surface area contributed by atoms with E-state index >= 15 is 0 Å². The molecule has 0 radical (unpaired) electrons. The minimum Gasteiger partial charge on any atom is -0.463 e. The van der Waals surface area contributed by atoms with Crippen molar-refractivity contribution in [3.63, 3.8) is 0 Å². The van der Waals surface area contributed by atoms with Crippen LogP contribution in [0.25, 0.3) is 0 Å². The monoisotopic (exact) mass is 1630 g/mol. The number of unbranched alkanes of at least 4 members (excludes halogenated alkanes) is 41. The minimum absolute atomic E-state index is 0.0882. The molecule has 0 amide bonds. The van der Waals surface area contributed by atoms with Crippen LogP contribution in [0.5, 0.6) is 0 Å². The first-order chi connectivity index (χ1) is 55.2. The molecule has 0 spiro atoms. The Kier molecular flexibility index (Phi) is 83.7. The van der Waals surface area contributed by atoms with Crippen molar-refractivity contribution in [3.05, 3.63) is 134 Å². The van der Waals surface area contributed by atoms with Crippen LogP contribution in [0, 0.1) is 0 Å². The van der Waals surface area contributed by atoms with Crippen molar-refractivity contribution in [2.45, 2.75) is 411 Å². The van der Waals surface area contributed by atoms with E-state index in [1.165, 1.54) is 193 Å². The summed E-state index contributed by atoms with van der Waals surface area (Å²) in [5, 5.41) is 20.7. The zero-order chi connectivity index (χ0) is 82.2. The average molecular weight is 1630 g/mol. The molecule has 18 heteroatoms. The molecule has 0 heterocycles. The highest BCUT2D eigenvalue weighted by Gasteiger charge is 2.29. The molecule has 113 heavy (non-hydrogen) atoms. The molecule has 0 saturated heterocycles. The Morgan fingerprint density at radius 1 is 0.257 bits per heavy atom. The minimum atomic E-state index is -4.94. The summed E-state index contributed by atoms with van der Waals surface area (Å²) in [6, 6.07) is 0. The fourth-order valence-corrected chi connectivity index (χ4v) is 14.0. The van der Waals surface area contributed by atoms with Crippen LogP contribution in [0.3, 0.4) is 0 Å². The van der Waals surface area contributed by atoms with E-state index in [9.17, 15) is 43.5 Å². The Balaban J connectivity index is 4.45. The predicted molar refractivity (Wildman–Crippen MR) is 473 cm³/mol. The number of aliphatic hydroxyl groups excluding tert-OH is 2. The number of phosphoric acid groups is 2. The summed E-state index contributed by atoms with van der Waals surface area (Å²) in [5.74, 6) is -1.58. The number of ether oxygens (including phenoxy) is 3. The van der Waals surface area contributed by atoms with Gasteiger partial charge in [-0.05, 0) is 141 Å². The molecule has 5 unspecified atom stereocenters. The van der Waals surface area contributed by atoms with Gasteiger partial charge in [0.2, 0.25) is 0 Å². The number of esters is 3. The Bertz CT molecular complexity index is 2580. The number of carbonyl (C=O) groups excluding carboxylic acids is 3. The van der Waals surface area contributed by atoms with Crippen LogP contribution in [0.4, 0.5) is 0 Å². The smallest absolute Gasteiger partial charge is 0.463 e. The molecule has 5 atom stereocenters. The number of phosphoric ester groups is 2. The first-order valence-electron chi connectivity index (χ1n) is 45.5. The molecular formula is C95H166O16P2. The van der Waals surface area contributed by atoms with Crippen molar-refractivity contribution < 1.29 is 75.8 Å². The van der Waals surface area contributed by atoms with Crippen molar-refractivity contribution in [1.29, 1.82) is 0 Å². The van der Waals surface area contributed by atoms with Gasteiger partial charge >= 0.3 is 33.6 Å². The summed E-state index contributed by atoms with van der Waals surface area (Å²) in [5.41, 5.74) is 0. The first kappa shape index (κ1) is 109. The molecule has 0 saturated carbocycles. The second-order valence-corrected chi connectivity index (χ2v) is 33.3. The zero-order valence-corrected chi connectivity index (χ0v) is 73.6. The normalized spacial score (nSPS) is 14.4. The molecule has 0 aromatic carbocycles. The maximum Gasteiger partial charge on any atom is 0.472 e. The van der Waals surface area contributed by atoms with Gasteiger partial charge in [-0.25, -0.2) is 9.13 Å². The van der Waals surface area contributed by atoms with Gasteiger partial charge in [0, 0.05) is 19.3 Å². The average Bonchev–Trinajstić information content (AvgIpc) is 0.903. The fourth-order valence-electron chi connectivity index (χ4n) is 12.4. The Morgan fingerprint density at radius 2 is 0.469 bits per heavy atom. The van der Waals surface area contributed by atoms with Crippen LogP contribution in [0.15, 0.2) is 134 Å². The van der Waals surface area contributed by atoms with E-state index in [1.54, 1.807) is 0 Å². The molecule has 0 aliphatic rings. The van der Waals surface area contributed by atoms with Crippen LogP contribution >= 0.6 is 15.6 Å². The SMILES string of the molecule is CC/C=C\C/C=C\C/C=C\C/C=C\C/C=C\CCCCCCCCCCCCCCCCCCCC(=O)OCC(O)COP(=O)(O)OCC(O)COP(=O)(O)OCC(COC(=O)CCCCCCCCCCCCCCC/C=C\C/C=C\C/C=C\C/C=C\CCCCC)OC(=O)CCCCCCC/C=C\C/C=C\CCCCC. The van der Waals surface area contributed by atoms with Crippen LogP contribution < -0.4 is 0 Å². The van der Waals surface area contributed by atoms with Crippen molar-refractivity contribution >= 4 is 33.6 Å². The van der Waals surface area contributed by atoms with Gasteiger partial charge in [0.05, 0.1) is 26.4 Å². The number of carbonyl (C=O) groups is 3. The van der Waals surface area contributed by atoms with Crippen molar-refractivity contribution in [2.75, 3.05) is 39.6 Å². The second-order valence-electron chi connectivity index (χ2n) is 30.4. The lowest BCUT2D eigenvalue weighted by Crippen LogP contribution is -2.30. The summed E-state index contributed by atoms with van der Waals surface area (Å²) in [4.78, 5) is 58.9. The van der Waals surface area contributed by atoms with E-state index in [-0.39, 0.29) is 19.3 Å². The van der Waals surface area contributed by atoms with Crippen LogP contribution in [-0.4, -0.2) is 95.9 Å². The molecule has 16 nitrogen and oxygen atoms in total. The lowest BCUT2D eigenvalue weighted by atomic mass is 10.0. The van der Waals surface area contributed by atoms with Gasteiger partial charge in [-0.2, -0.15) is 0 Å². The third-order valence-electron chi connectivity index (χ3n) is 19.3. The van der Waals surface area contributed by atoms with E-state index < -0.39 is 91.5 Å². The fraction of sp³-hybridized carbons (Fsp3) is 0.737. The van der Waals surface area contributed by atoms with Crippen molar-refractivity contribution in [2.24, 2.45) is 0 Å². The number of hydrogen-bond acceptors (Lipinski definition) is 14. The van der Waals surface area contributed by atoms with Gasteiger partial charge in [-0.15, -0.1) is 0 Å². The summed E-state index contributed by atoms with van der Waals surface area (Å²) in [6.07, 6.45) is 108. The molecule has 0 fully saturated rings. The largest absolute Gasteiger partial charge is 0.472 e. The van der Waals surface area contributed by atoms with Gasteiger partial charge in [0.15, 0.2) is 6.10 Å². The molecule has 0 aromatic heterocycles. The molecular weight excluding hydrogens is 1460 g/mol. The second kappa shape index (κ2) is 87.0. The summed E-state index contributed by atoms with van der Waals surface area (Å²) >= 11 is 0. The maximum absolute atomic E-state index is 13.0. The van der Waals surface area contributed by atoms with E-state index in [1.807, 2.05) is 0 Å². The summed E-state index contributed by atoms with van der Waals surface area (Å²) < 4.78 is 61.4. The quantitative estimate of drug-likeness (QED) is 0.0146. The number of aliphatic hydroxyl groups is 2. The topological polar surface area (TPSA) is 231 Å². The third kappa shape index (κ3) is 88.3. The van der Waals surface area contributed by atoms with Gasteiger partial charge in [0.25, 0.3) is 0 Å². The van der Waals surface area contributed by atoms with Gasteiger partial charge in [0.1, 0.15) is 25.4 Å². The lowest BCUT2D eigenvalue weighted by Gasteiger charge is -2.21. The van der Waals surface area contributed by atoms with E-state index in [0.717, 1.165) is 141 Å². The third-order valence-corrected chi connectivity index (χ3v) is 21.2. The van der Waals surface area contributed by atoms with Gasteiger partial charge in [-0.1, -0.05) is 366 Å². The number of rotatable bonds is 86. The van der Waals surface area contributed by atoms with Crippen molar-refractivity contribution in [1.82, 2.24) is 0 Å². The molecule has 0 aliphatic heterocycles. The number of allylic oxidation sites excluding steroid dienone is 22. The van der Waals surface area contributed by atoms with Crippen LogP contribution in [-0.2, 0) is 55.8 Å². The van der Waals surface area contributed by atoms with Crippen LogP contribution in [0.2, 0.25) is 0 Å². The predicted octanol–water partition coefficient (Wildman–Crippen LogP) is 27.8. The highest BCUT2D eigenvalue weighted by atomic mass is 31.2. The van der Waals surface area contributed by atoms with E-state index in [0.29, 0.717) is 19.3 Å². The molecule has 0 aromatic rings. The Labute approximate surface area is 690 Å². The summed E-state index contributed by atoms with van der Waals surface area (Å²) in [6.45, 7) is 2.55. The Hall–Kier alpha value is -4.31. The molecule has 0 rings (SSSR count). The van der Waals surface area contributed by atoms with Crippen molar-refractivity contribution in [3.8, 4) is 0 Å².